The molecular weight excluding hydrogens is 308 g/mol. The second-order valence-electron chi connectivity index (χ2n) is 4.81. The molecule has 0 saturated carbocycles. The minimum atomic E-state index is -0.135. The van der Waals surface area contributed by atoms with E-state index in [9.17, 15) is 4.79 Å². The van der Waals surface area contributed by atoms with E-state index < -0.39 is 0 Å². The Hall–Kier alpha value is -1.14. The summed E-state index contributed by atoms with van der Waals surface area (Å²) < 4.78 is 1.91. The van der Waals surface area contributed by atoms with Gasteiger partial charge in [-0.1, -0.05) is 6.08 Å². The molecule has 2 heterocycles. The molecule has 1 saturated heterocycles. The molecule has 1 atom stereocenters. The minimum absolute atomic E-state index is 0.135. The molecule has 19 heavy (non-hydrogen) atoms. The summed E-state index contributed by atoms with van der Waals surface area (Å²) in [6, 6.07) is 0.530. The minimum Gasteiger partial charge on any atom is -0.381 e. The van der Waals surface area contributed by atoms with Gasteiger partial charge in [-0.3, -0.25) is 4.79 Å². The summed E-state index contributed by atoms with van der Waals surface area (Å²) in [6.45, 7) is 6.01. The first-order valence-electron chi connectivity index (χ1n) is 6.44. The van der Waals surface area contributed by atoms with E-state index in [-0.39, 0.29) is 5.56 Å². The van der Waals surface area contributed by atoms with Gasteiger partial charge in [-0.25, -0.2) is 4.68 Å². The molecule has 0 spiro atoms. The van der Waals surface area contributed by atoms with Crippen molar-refractivity contribution in [3.05, 3.63) is 33.7 Å². The van der Waals surface area contributed by atoms with Gasteiger partial charge in [0.1, 0.15) is 4.47 Å². The van der Waals surface area contributed by atoms with Crippen molar-refractivity contribution in [3.63, 3.8) is 0 Å². The van der Waals surface area contributed by atoms with Crippen LogP contribution in [0.2, 0.25) is 0 Å². The molecule has 1 aromatic rings. The Morgan fingerprint density at radius 2 is 2.47 bits per heavy atom. The van der Waals surface area contributed by atoms with E-state index in [1.165, 1.54) is 17.5 Å². The lowest BCUT2D eigenvalue weighted by Gasteiger charge is -2.20. The molecule has 1 aliphatic rings. The van der Waals surface area contributed by atoms with Crippen LogP contribution in [0.3, 0.4) is 0 Å². The average molecular weight is 327 g/mol. The maximum Gasteiger partial charge on any atom is 0.283 e. The Labute approximate surface area is 121 Å². The molecule has 2 rings (SSSR count). The fraction of sp³-hybridized carbons (Fsp3) is 0.538. The quantitative estimate of drug-likeness (QED) is 0.837. The number of nitrogens with zero attached hydrogens (tertiary/aromatic N) is 3. The predicted molar refractivity (Wildman–Crippen MR) is 80.5 cm³/mol. The smallest absolute Gasteiger partial charge is 0.283 e. The number of anilines is 1. The Kier molecular flexibility index (Phi) is 4.76. The van der Waals surface area contributed by atoms with Gasteiger partial charge in [0.2, 0.25) is 0 Å². The zero-order chi connectivity index (χ0) is 13.8. The van der Waals surface area contributed by atoms with E-state index in [1.54, 1.807) is 12.3 Å². The van der Waals surface area contributed by atoms with Crippen molar-refractivity contribution in [2.45, 2.75) is 25.4 Å². The normalized spacial score (nSPS) is 19.6. The van der Waals surface area contributed by atoms with Crippen molar-refractivity contribution < 1.29 is 0 Å². The highest BCUT2D eigenvalue weighted by Crippen LogP contribution is 2.19. The van der Waals surface area contributed by atoms with Crippen LogP contribution >= 0.6 is 15.9 Å². The van der Waals surface area contributed by atoms with E-state index in [0.717, 1.165) is 18.8 Å². The van der Waals surface area contributed by atoms with E-state index in [2.05, 4.69) is 44.9 Å². The molecule has 1 aromatic heterocycles. The van der Waals surface area contributed by atoms with Gasteiger partial charge in [0.05, 0.1) is 18.4 Å². The lowest BCUT2D eigenvalue weighted by molar-refractivity contribution is 0.322. The summed E-state index contributed by atoms with van der Waals surface area (Å²) in [4.78, 5) is 14.3. The molecule has 1 aliphatic heterocycles. The summed E-state index contributed by atoms with van der Waals surface area (Å²) in [5.74, 6) is 0. The van der Waals surface area contributed by atoms with Gasteiger partial charge in [-0.2, -0.15) is 5.10 Å². The van der Waals surface area contributed by atoms with E-state index in [4.69, 9.17) is 0 Å². The lowest BCUT2D eigenvalue weighted by atomic mass is 10.2. The Balaban J connectivity index is 2.06. The van der Waals surface area contributed by atoms with Gasteiger partial charge in [0.15, 0.2) is 0 Å². The van der Waals surface area contributed by atoms with Crippen LogP contribution in [0.1, 0.15) is 12.8 Å². The molecule has 0 bridgehead atoms. The lowest BCUT2D eigenvalue weighted by Crippen LogP contribution is -2.32. The molecule has 104 valence electrons. The van der Waals surface area contributed by atoms with Crippen LogP contribution in [0.5, 0.6) is 0 Å². The molecule has 5 nitrogen and oxygen atoms in total. The summed E-state index contributed by atoms with van der Waals surface area (Å²) >= 11 is 3.34. The summed E-state index contributed by atoms with van der Waals surface area (Å²) in [6.07, 6.45) is 5.77. The van der Waals surface area contributed by atoms with Crippen LogP contribution in [0.4, 0.5) is 5.69 Å². The van der Waals surface area contributed by atoms with Crippen molar-refractivity contribution in [2.75, 3.05) is 25.5 Å². The van der Waals surface area contributed by atoms with Crippen LogP contribution < -0.4 is 10.9 Å². The number of nitrogens with one attached hydrogen (secondary N) is 1. The van der Waals surface area contributed by atoms with Crippen LogP contribution in [-0.2, 0) is 6.54 Å². The Morgan fingerprint density at radius 3 is 3.11 bits per heavy atom. The summed E-state index contributed by atoms with van der Waals surface area (Å²) in [5, 5.41) is 7.43. The first-order chi connectivity index (χ1) is 9.13. The second kappa shape index (κ2) is 6.34. The zero-order valence-corrected chi connectivity index (χ0v) is 12.7. The highest BCUT2D eigenvalue weighted by atomic mass is 79.9. The molecule has 0 amide bonds. The molecular formula is C13H19BrN4O. The number of hydrogen-bond acceptors (Lipinski definition) is 4. The molecule has 1 N–H and O–H groups in total. The van der Waals surface area contributed by atoms with Crippen LogP contribution in [0.15, 0.2) is 28.1 Å². The molecule has 1 unspecified atom stereocenters. The number of hydrogen-bond donors (Lipinski definition) is 1. The van der Waals surface area contributed by atoms with E-state index in [1.807, 2.05) is 0 Å². The number of likely N-dealkylation sites (tertiary alicyclic amines) is 1. The first kappa shape index (κ1) is 14.3. The molecule has 0 aliphatic carbocycles. The molecule has 0 radical (unpaired) electrons. The van der Waals surface area contributed by atoms with Gasteiger partial charge in [-0.05, 0) is 42.4 Å². The standard InChI is InChI=1S/C13H19BrN4O/c1-3-6-18-13(19)12(14)11(9-16-18)15-8-10-5-4-7-17(10)2/h3,9-10,15H,1,4-8H2,2H3. The van der Waals surface area contributed by atoms with Gasteiger partial charge in [-0.15, -0.1) is 6.58 Å². The first-order valence-corrected chi connectivity index (χ1v) is 7.23. The highest BCUT2D eigenvalue weighted by Gasteiger charge is 2.20. The fourth-order valence-electron chi connectivity index (χ4n) is 2.31. The highest BCUT2D eigenvalue weighted by molar-refractivity contribution is 9.10. The van der Waals surface area contributed by atoms with Gasteiger partial charge >= 0.3 is 0 Å². The SMILES string of the molecule is C=CCn1ncc(NCC2CCCN2C)c(Br)c1=O. The third-order valence-electron chi connectivity index (χ3n) is 3.49. The van der Waals surface area contributed by atoms with Crippen molar-refractivity contribution >= 4 is 21.6 Å². The number of aromatic nitrogens is 2. The average Bonchev–Trinajstić information content (AvgIpc) is 2.80. The maximum atomic E-state index is 12.0. The van der Waals surface area contributed by atoms with Gasteiger partial charge in [0.25, 0.3) is 5.56 Å². The van der Waals surface area contributed by atoms with E-state index in [0.29, 0.717) is 17.1 Å². The van der Waals surface area contributed by atoms with Crippen molar-refractivity contribution in [1.29, 1.82) is 0 Å². The van der Waals surface area contributed by atoms with Crippen LogP contribution in [-0.4, -0.2) is 40.9 Å². The van der Waals surface area contributed by atoms with Crippen LogP contribution in [0, 0.1) is 0 Å². The monoisotopic (exact) mass is 326 g/mol. The largest absolute Gasteiger partial charge is 0.381 e. The molecule has 0 aromatic carbocycles. The zero-order valence-electron chi connectivity index (χ0n) is 11.1. The molecule has 6 heteroatoms. The maximum absolute atomic E-state index is 12.0. The summed E-state index contributed by atoms with van der Waals surface area (Å²) in [7, 11) is 2.13. The third-order valence-corrected chi connectivity index (χ3v) is 4.25. The number of allylic oxidation sites excluding steroid dienone is 1. The number of rotatable bonds is 5. The summed E-state index contributed by atoms with van der Waals surface area (Å²) in [5.41, 5.74) is 0.621. The Bertz CT molecular complexity index is 514. The number of halogens is 1. The third kappa shape index (κ3) is 3.25. The van der Waals surface area contributed by atoms with Crippen molar-refractivity contribution in [3.8, 4) is 0 Å². The van der Waals surface area contributed by atoms with Crippen molar-refractivity contribution in [1.82, 2.24) is 14.7 Å². The number of likely N-dealkylation sites (N-methyl/N-ethyl adjacent to an activating group) is 1. The van der Waals surface area contributed by atoms with Crippen molar-refractivity contribution in [2.24, 2.45) is 0 Å². The Morgan fingerprint density at radius 1 is 1.68 bits per heavy atom. The predicted octanol–water partition coefficient (Wildman–Crippen LogP) is 1.70. The molecule has 1 fully saturated rings. The van der Waals surface area contributed by atoms with Gasteiger partial charge in [0, 0.05) is 12.6 Å². The second-order valence-corrected chi connectivity index (χ2v) is 5.60. The van der Waals surface area contributed by atoms with Gasteiger partial charge < -0.3 is 10.2 Å². The topological polar surface area (TPSA) is 50.2 Å². The van der Waals surface area contributed by atoms with Crippen LogP contribution in [0.25, 0.3) is 0 Å². The van der Waals surface area contributed by atoms with E-state index >= 15 is 0 Å². The fourth-order valence-corrected chi connectivity index (χ4v) is 2.75.